The summed E-state index contributed by atoms with van der Waals surface area (Å²) in [5.74, 6) is -3.60. The van der Waals surface area contributed by atoms with E-state index in [0.717, 1.165) is 74.3 Å². The van der Waals surface area contributed by atoms with Crippen LogP contribution < -0.4 is 27.6 Å². The Labute approximate surface area is 349 Å². The number of amides is 3. The molecule has 0 saturated carbocycles. The summed E-state index contributed by atoms with van der Waals surface area (Å²) in [6, 6.07) is 0.0654. The Bertz CT molecular complexity index is 1820. The number of nitrogens with two attached hydrogens (primary N) is 1. The molecule has 332 valence electrons. The van der Waals surface area contributed by atoms with Gasteiger partial charge in [0.2, 0.25) is 18.1 Å². The van der Waals surface area contributed by atoms with Crippen LogP contribution in [0.3, 0.4) is 0 Å². The molecule has 0 aromatic carbocycles. The standard InChI is InChI=1S/C42H61N5O13/c1-4-5-6-7-8-9-10-11-12-13-14-15-16-17-18-22-31(50)58-36-33(56-3)34(59-40(36)47-24-23-30(49)46-42(47)55)35(37(43)52)60-41-32(51)28(48)25-29(57-41)39(54)45-27-21-19-20-26(2)44-38(27)53/h5-6,8-9,11-12,23-28,32-36,40-41,48,51H,4,7,10,13-22H2,1-3H3,(H2,43,52)(H,44,53)(H,45,54)(H,46,49,55)/b6-5-,9-8-,12-11-/t26-,27+,28+,32+,33-,34?,35?,36-,40-,41-/m1/s1. The van der Waals surface area contributed by atoms with E-state index < -0.39 is 95.9 Å². The minimum absolute atomic E-state index is 0.0268. The number of aromatic nitrogens is 2. The smallest absolute Gasteiger partial charge is 0.330 e. The number of aliphatic hydroxyl groups is 2. The normalized spacial score (nSPS) is 27.6. The van der Waals surface area contributed by atoms with Crippen LogP contribution in [0.4, 0.5) is 0 Å². The number of unbranched alkanes of at least 4 members (excludes halogenated alkanes) is 5. The molecular weight excluding hydrogens is 782 g/mol. The number of aliphatic hydroxyl groups excluding tert-OH is 2. The highest BCUT2D eigenvalue weighted by Gasteiger charge is 2.54. The van der Waals surface area contributed by atoms with Crippen LogP contribution in [-0.4, -0.2) is 106 Å². The quantitative estimate of drug-likeness (QED) is 0.0555. The number of nitrogens with one attached hydrogen (secondary N) is 3. The number of methoxy groups -OCH3 is 1. The van der Waals surface area contributed by atoms with Crippen LogP contribution in [0.25, 0.3) is 0 Å². The van der Waals surface area contributed by atoms with Crippen LogP contribution in [0.1, 0.15) is 104 Å². The van der Waals surface area contributed by atoms with Crippen LogP contribution in [0.5, 0.6) is 0 Å². The first-order valence-electron chi connectivity index (χ1n) is 20.8. The molecule has 60 heavy (non-hydrogen) atoms. The van der Waals surface area contributed by atoms with Crippen molar-refractivity contribution in [2.75, 3.05) is 7.11 Å². The minimum atomic E-state index is -1.89. The number of carbonyl (C=O) groups excluding carboxylic acids is 4. The van der Waals surface area contributed by atoms with Crippen molar-refractivity contribution in [3.63, 3.8) is 0 Å². The molecule has 4 rings (SSSR count). The van der Waals surface area contributed by atoms with Gasteiger partial charge in [0.25, 0.3) is 11.5 Å². The monoisotopic (exact) mass is 843 g/mol. The molecule has 3 amide bonds. The van der Waals surface area contributed by atoms with Crippen molar-refractivity contribution in [3.05, 3.63) is 81.4 Å². The van der Waals surface area contributed by atoms with Crippen molar-refractivity contribution in [3.8, 4) is 0 Å². The van der Waals surface area contributed by atoms with Crippen molar-refractivity contribution in [2.24, 2.45) is 5.73 Å². The van der Waals surface area contributed by atoms with Crippen LogP contribution in [0.15, 0.2) is 70.1 Å². The molecule has 0 aliphatic carbocycles. The van der Waals surface area contributed by atoms with E-state index in [0.29, 0.717) is 25.7 Å². The first-order valence-corrected chi connectivity index (χ1v) is 20.8. The number of ether oxygens (including phenoxy) is 5. The van der Waals surface area contributed by atoms with Gasteiger partial charge in [0.1, 0.15) is 30.5 Å². The van der Waals surface area contributed by atoms with Gasteiger partial charge in [0.15, 0.2) is 24.2 Å². The molecule has 0 bridgehead atoms. The number of hydrogen-bond donors (Lipinski definition) is 6. The summed E-state index contributed by atoms with van der Waals surface area (Å²) in [6.07, 6.45) is 11.7. The van der Waals surface area contributed by atoms with E-state index in [1.54, 1.807) is 0 Å². The highest BCUT2D eigenvalue weighted by molar-refractivity contribution is 5.95. The van der Waals surface area contributed by atoms with Gasteiger partial charge in [-0.05, 0) is 70.8 Å². The highest BCUT2D eigenvalue weighted by Crippen LogP contribution is 2.36. The molecule has 18 nitrogen and oxygen atoms in total. The maximum atomic E-state index is 13.2. The Morgan fingerprint density at radius 3 is 2.40 bits per heavy atom. The zero-order valence-electron chi connectivity index (χ0n) is 34.6. The second-order valence-electron chi connectivity index (χ2n) is 15.1. The Hall–Kier alpha value is -4.88. The third-order valence-corrected chi connectivity index (χ3v) is 10.3. The molecule has 0 radical (unpaired) electrons. The molecule has 4 heterocycles. The zero-order chi connectivity index (χ0) is 43.6. The molecule has 2 unspecified atom stereocenters. The van der Waals surface area contributed by atoms with E-state index in [2.05, 4.69) is 59.0 Å². The van der Waals surface area contributed by atoms with Crippen molar-refractivity contribution in [2.45, 2.75) is 159 Å². The van der Waals surface area contributed by atoms with Gasteiger partial charge >= 0.3 is 11.7 Å². The van der Waals surface area contributed by atoms with Gasteiger partial charge in [0.05, 0.1) is 0 Å². The number of rotatable bonds is 22. The lowest BCUT2D eigenvalue weighted by Gasteiger charge is -2.35. The van der Waals surface area contributed by atoms with E-state index >= 15 is 0 Å². The average Bonchev–Trinajstić information content (AvgIpc) is 3.46. The van der Waals surface area contributed by atoms with Gasteiger partial charge in [-0.2, -0.15) is 0 Å². The predicted molar refractivity (Wildman–Crippen MR) is 218 cm³/mol. The van der Waals surface area contributed by atoms with E-state index in [1.165, 1.54) is 7.11 Å². The molecule has 2 saturated heterocycles. The Kier molecular flexibility index (Phi) is 19.4. The summed E-state index contributed by atoms with van der Waals surface area (Å²) in [4.78, 5) is 79.1. The lowest BCUT2D eigenvalue weighted by molar-refractivity contribution is -0.241. The second kappa shape index (κ2) is 24.4. The Morgan fingerprint density at radius 1 is 1.00 bits per heavy atom. The average molecular weight is 844 g/mol. The largest absolute Gasteiger partial charge is 0.456 e. The molecule has 1 aromatic heterocycles. The number of aromatic amines is 1. The molecule has 1 aromatic rings. The number of esters is 1. The lowest BCUT2D eigenvalue weighted by atomic mass is 10.0. The number of allylic oxidation sites excluding steroid dienone is 6. The second-order valence-corrected chi connectivity index (χ2v) is 15.1. The number of nitrogens with zero attached hydrogens (tertiary/aromatic N) is 1. The fourth-order valence-corrected chi connectivity index (χ4v) is 7.13. The Morgan fingerprint density at radius 2 is 1.70 bits per heavy atom. The first kappa shape index (κ1) is 47.8. The van der Waals surface area contributed by atoms with Crippen molar-refractivity contribution < 1.29 is 53.1 Å². The molecular formula is C42H61N5O13. The van der Waals surface area contributed by atoms with Crippen molar-refractivity contribution in [1.29, 1.82) is 0 Å². The molecule has 7 N–H and O–H groups in total. The van der Waals surface area contributed by atoms with Gasteiger partial charge in [-0.1, -0.05) is 62.6 Å². The van der Waals surface area contributed by atoms with Crippen LogP contribution in [0.2, 0.25) is 0 Å². The molecule has 10 atom stereocenters. The van der Waals surface area contributed by atoms with Gasteiger partial charge < -0.3 is 50.3 Å². The predicted octanol–water partition coefficient (Wildman–Crippen LogP) is 1.96. The number of primary amides is 1. The molecule has 3 aliphatic heterocycles. The van der Waals surface area contributed by atoms with Gasteiger partial charge in [0, 0.05) is 31.8 Å². The van der Waals surface area contributed by atoms with Crippen LogP contribution in [-0.2, 0) is 42.9 Å². The van der Waals surface area contributed by atoms with E-state index in [-0.39, 0.29) is 12.5 Å². The Balaban J connectivity index is 1.39. The van der Waals surface area contributed by atoms with Crippen molar-refractivity contribution in [1.82, 2.24) is 20.2 Å². The summed E-state index contributed by atoms with van der Waals surface area (Å²) in [7, 11) is 1.24. The van der Waals surface area contributed by atoms with Gasteiger partial charge in [-0.15, -0.1) is 0 Å². The zero-order valence-corrected chi connectivity index (χ0v) is 34.6. The third kappa shape index (κ3) is 14.1. The van der Waals surface area contributed by atoms with Gasteiger partial charge in [-0.25, -0.2) is 4.79 Å². The summed E-state index contributed by atoms with van der Waals surface area (Å²) < 4.78 is 30.0. The highest BCUT2D eigenvalue weighted by atomic mass is 16.7. The summed E-state index contributed by atoms with van der Waals surface area (Å²) in [5.41, 5.74) is 4.15. The lowest BCUT2D eigenvalue weighted by Crippen LogP contribution is -2.54. The third-order valence-electron chi connectivity index (χ3n) is 10.3. The molecule has 0 spiro atoms. The minimum Gasteiger partial charge on any atom is -0.456 e. The van der Waals surface area contributed by atoms with Gasteiger partial charge in [-0.3, -0.25) is 33.5 Å². The SMILES string of the molecule is CC/C=C\C/C=C\C/C=C\CCCCCCCC(=O)O[C@@H]1[C@H](OC)C(C(O[C@H]2OC(C(=O)N[C@H]3CCC[C@@H](C)NC3=O)=C[C@H](O)[C@@H]2O)C(N)=O)O[C@H]1n1ccc(=O)[nH]c1=O. The van der Waals surface area contributed by atoms with Crippen LogP contribution in [0, 0.1) is 0 Å². The molecule has 2 fully saturated rings. The first-order chi connectivity index (χ1) is 28.8. The van der Waals surface area contributed by atoms with Crippen molar-refractivity contribution >= 4 is 23.7 Å². The van der Waals surface area contributed by atoms with E-state index in [1.807, 2.05) is 6.92 Å². The number of hydrogen-bond acceptors (Lipinski definition) is 13. The fraction of sp³-hybridized carbons (Fsp3) is 0.619. The summed E-state index contributed by atoms with van der Waals surface area (Å²) in [6.45, 7) is 3.95. The topological polar surface area (TPSA) is 260 Å². The molecule has 18 heteroatoms. The van der Waals surface area contributed by atoms with E-state index in [9.17, 15) is 39.0 Å². The molecule has 3 aliphatic rings. The number of carbonyl (C=O) groups is 4. The summed E-state index contributed by atoms with van der Waals surface area (Å²) in [5, 5.41) is 26.9. The summed E-state index contributed by atoms with van der Waals surface area (Å²) >= 11 is 0. The maximum absolute atomic E-state index is 13.2. The number of H-pyrrole nitrogens is 1. The van der Waals surface area contributed by atoms with Crippen LogP contribution >= 0.6 is 0 Å². The fourth-order valence-electron chi connectivity index (χ4n) is 7.13. The van der Waals surface area contributed by atoms with E-state index in [4.69, 9.17) is 29.4 Å². The maximum Gasteiger partial charge on any atom is 0.330 e.